The molecule has 20 heavy (non-hydrogen) atoms. The number of carbonyl (C=O) groups is 1. The van der Waals surface area contributed by atoms with Gasteiger partial charge in [0.05, 0.1) is 6.54 Å². The normalized spacial score (nSPS) is 10.8. The average Bonchev–Trinajstić information content (AvgIpc) is 2.36. The molecule has 0 saturated carbocycles. The zero-order valence-corrected chi connectivity index (χ0v) is 14.0. The van der Waals surface area contributed by atoms with Crippen molar-refractivity contribution < 1.29 is 4.79 Å². The summed E-state index contributed by atoms with van der Waals surface area (Å²) in [6, 6.07) is 6.34. The van der Waals surface area contributed by atoms with Crippen molar-refractivity contribution in [1.29, 1.82) is 0 Å². The molecule has 0 aliphatic rings. The van der Waals surface area contributed by atoms with E-state index in [-0.39, 0.29) is 18.5 Å². The topological polar surface area (TPSA) is 58.4 Å². The van der Waals surface area contributed by atoms with E-state index in [1.54, 1.807) is 0 Å². The molecule has 3 N–H and O–H groups in total. The van der Waals surface area contributed by atoms with Gasteiger partial charge >= 0.3 is 0 Å². The van der Waals surface area contributed by atoms with Crippen molar-refractivity contribution in [3.63, 3.8) is 0 Å². The number of rotatable bonds is 8. The number of benzene rings is 1. The number of hydrogen-bond donors (Lipinski definition) is 2. The minimum absolute atomic E-state index is 0.216. The first-order chi connectivity index (χ1) is 9.45. The predicted molar refractivity (Wildman–Crippen MR) is 87.8 cm³/mol. The Labute approximate surface area is 129 Å². The summed E-state index contributed by atoms with van der Waals surface area (Å²) in [6.07, 6.45) is 1.10. The third-order valence-corrected chi connectivity index (χ3v) is 3.54. The van der Waals surface area contributed by atoms with Gasteiger partial charge in [-0.3, -0.25) is 4.79 Å². The highest BCUT2D eigenvalue weighted by atomic mass is 79.9. The smallest absolute Gasteiger partial charge is 0.236 e. The molecule has 0 fully saturated rings. The molecule has 0 bridgehead atoms. The third-order valence-electron chi connectivity index (χ3n) is 3.04. The van der Waals surface area contributed by atoms with Crippen LogP contribution in [0.4, 0.5) is 5.69 Å². The van der Waals surface area contributed by atoms with Crippen LogP contribution in [0.5, 0.6) is 0 Å². The first-order valence-electron chi connectivity index (χ1n) is 6.99. The highest BCUT2D eigenvalue weighted by molar-refractivity contribution is 9.10. The molecule has 0 unspecified atom stereocenters. The summed E-state index contributed by atoms with van der Waals surface area (Å²) >= 11 is 3.50. The van der Waals surface area contributed by atoms with Crippen LogP contribution in [-0.4, -0.2) is 25.0 Å². The Morgan fingerprint density at radius 1 is 1.45 bits per heavy atom. The lowest BCUT2D eigenvalue weighted by Crippen LogP contribution is -2.39. The summed E-state index contributed by atoms with van der Waals surface area (Å²) in [7, 11) is 0. The van der Waals surface area contributed by atoms with Crippen LogP contribution >= 0.6 is 15.9 Å². The van der Waals surface area contributed by atoms with Crippen LogP contribution in [0.2, 0.25) is 0 Å². The predicted octanol–water partition coefficient (Wildman–Crippen LogP) is 2.65. The van der Waals surface area contributed by atoms with Gasteiger partial charge in [-0.05, 0) is 50.6 Å². The summed E-state index contributed by atoms with van der Waals surface area (Å²) in [4.78, 5) is 13.3. The monoisotopic (exact) mass is 341 g/mol. The van der Waals surface area contributed by atoms with Crippen LogP contribution in [0.1, 0.15) is 32.8 Å². The molecule has 4 nitrogen and oxygen atoms in total. The summed E-state index contributed by atoms with van der Waals surface area (Å²) in [5.74, 6) is -0.311. The van der Waals surface area contributed by atoms with Gasteiger partial charge in [0.1, 0.15) is 0 Å². The fraction of sp³-hybridized carbons (Fsp3) is 0.533. The zero-order valence-electron chi connectivity index (χ0n) is 12.4. The Hall–Kier alpha value is -1.07. The maximum absolute atomic E-state index is 11.3. The van der Waals surface area contributed by atoms with E-state index in [2.05, 4.69) is 48.1 Å². The van der Waals surface area contributed by atoms with Crippen LogP contribution in [0.15, 0.2) is 22.7 Å². The van der Waals surface area contributed by atoms with Crippen LogP contribution in [0.25, 0.3) is 0 Å². The van der Waals surface area contributed by atoms with Gasteiger partial charge in [0.2, 0.25) is 5.91 Å². The molecule has 0 atom stereocenters. The van der Waals surface area contributed by atoms with E-state index in [1.807, 2.05) is 17.0 Å². The molecule has 1 aromatic carbocycles. The molecule has 0 aromatic heterocycles. The number of nitrogens with one attached hydrogen (secondary N) is 1. The van der Waals surface area contributed by atoms with E-state index in [4.69, 9.17) is 5.73 Å². The molecule has 0 radical (unpaired) electrons. The molecule has 1 amide bonds. The van der Waals surface area contributed by atoms with Crippen molar-refractivity contribution in [2.24, 2.45) is 5.73 Å². The fourth-order valence-corrected chi connectivity index (χ4v) is 2.50. The molecule has 112 valence electrons. The van der Waals surface area contributed by atoms with Gasteiger partial charge < -0.3 is 16.0 Å². The Kier molecular flexibility index (Phi) is 7.02. The standard InChI is InChI=1S/C15H24BrN3O/c1-4-7-18-9-12-8-13(16)5-6-14(12)19(11(2)3)10-15(17)20/h5-6,8,11,18H,4,7,9-10H2,1-3H3,(H2,17,20). The number of nitrogens with two attached hydrogens (primary N) is 1. The Balaban J connectivity index is 3.02. The summed E-state index contributed by atoms with van der Waals surface area (Å²) in [5.41, 5.74) is 7.59. The van der Waals surface area contributed by atoms with Crippen molar-refractivity contribution >= 4 is 27.5 Å². The molecular formula is C15H24BrN3O. The van der Waals surface area contributed by atoms with Crippen molar-refractivity contribution in [1.82, 2.24) is 5.32 Å². The molecule has 0 spiro atoms. The molecule has 5 heteroatoms. The van der Waals surface area contributed by atoms with E-state index in [1.165, 1.54) is 5.56 Å². The van der Waals surface area contributed by atoms with E-state index in [0.717, 1.165) is 29.7 Å². The highest BCUT2D eigenvalue weighted by Crippen LogP contribution is 2.26. The van der Waals surface area contributed by atoms with Crippen LogP contribution < -0.4 is 16.0 Å². The Morgan fingerprint density at radius 2 is 2.15 bits per heavy atom. The summed E-state index contributed by atoms with van der Waals surface area (Å²) in [6.45, 7) is 8.26. The van der Waals surface area contributed by atoms with Crippen LogP contribution in [0.3, 0.4) is 0 Å². The van der Waals surface area contributed by atoms with Crippen molar-refractivity contribution in [2.45, 2.75) is 39.8 Å². The van der Waals surface area contributed by atoms with Crippen molar-refractivity contribution in [3.05, 3.63) is 28.2 Å². The van der Waals surface area contributed by atoms with Crippen LogP contribution in [0, 0.1) is 0 Å². The maximum Gasteiger partial charge on any atom is 0.236 e. The van der Waals surface area contributed by atoms with Gasteiger partial charge in [-0.25, -0.2) is 0 Å². The number of carbonyl (C=O) groups excluding carboxylic acids is 1. The number of primary amides is 1. The lowest BCUT2D eigenvalue weighted by molar-refractivity contribution is -0.116. The average molecular weight is 342 g/mol. The van der Waals surface area contributed by atoms with E-state index < -0.39 is 0 Å². The Bertz CT molecular complexity index is 449. The van der Waals surface area contributed by atoms with Gasteiger partial charge in [0, 0.05) is 22.7 Å². The van der Waals surface area contributed by atoms with Gasteiger partial charge in [0.15, 0.2) is 0 Å². The highest BCUT2D eigenvalue weighted by Gasteiger charge is 2.16. The Morgan fingerprint density at radius 3 is 2.70 bits per heavy atom. The van der Waals surface area contributed by atoms with Crippen molar-refractivity contribution in [2.75, 3.05) is 18.0 Å². The summed E-state index contributed by atoms with van der Waals surface area (Å²) < 4.78 is 1.04. The van der Waals surface area contributed by atoms with E-state index in [9.17, 15) is 4.79 Å². The lowest BCUT2D eigenvalue weighted by Gasteiger charge is -2.30. The lowest BCUT2D eigenvalue weighted by atomic mass is 10.1. The van der Waals surface area contributed by atoms with Crippen LogP contribution in [-0.2, 0) is 11.3 Å². The maximum atomic E-state index is 11.3. The fourth-order valence-electron chi connectivity index (χ4n) is 2.09. The third kappa shape index (κ3) is 5.13. The second-order valence-electron chi connectivity index (χ2n) is 5.14. The number of hydrogen-bond acceptors (Lipinski definition) is 3. The van der Waals surface area contributed by atoms with Gasteiger partial charge in [-0.15, -0.1) is 0 Å². The second-order valence-corrected chi connectivity index (χ2v) is 6.05. The molecule has 1 aromatic rings. The quantitative estimate of drug-likeness (QED) is 0.714. The SMILES string of the molecule is CCCNCc1cc(Br)ccc1N(CC(N)=O)C(C)C. The minimum atomic E-state index is -0.311. The van der Waals surface area contributed by atoms with Gasteiger partial charge in [0.25, 0.3) is 0 Å². The van der Waals surface area contributed by atoms with E-state index in [0.29, 0.717) is 0 Å². The molecular weight excluding hydrogens is 318 g/mol. The number of anilines is 1. The molecule has 1 rings (SSSR count). The largest absolute Gasteiger partial charge is 0.368 e. The first-order valence-corrected chi connectivity index (χ1v) is 7.79. The zero-order chi connectivity index (χ0) is 15.1. The first kappa shape index (κ1) is 17.0. The van der Waals surface area contributed by atoms with E-state index >= 15 is 0 Å². The van der Waals surface area contributed by atoms with Gasteiger partial charge in [-0.1, -0.05) is 22.9 Å². The number of amides is 1. The number of nitrogens with zero attached hydrogens (tertiary/aromatic N) is 1. The van der Waals surface area contributed by atoms with Crippen molar-refractivity contribution in [3.8, 4) is 0 Å². The minimum Gasteiger partial charge on any atom is -0.368 e. The molecule has 0 aliphatic carbocycles. The number of halogens is 1. The van der Waals surface area contributed by atoms with Gasteiger partial charge in [-0.2, -0.15) is 0 Å². The second kappa shape index (κ2) is 8.27. The molecule has 0 saturated heterocycles. The molecule has 0 aliphatic heterocycles. The summed E-state index contributed by atoms with van der Waals surface area (Å²) in [5, 5.41) is 3.40. The molecule has 0 heterocycles.